The van der Waals surface area contributed by atoms with Gasteiger partial charge in [-0.2, -0.15) is 0 Å². The van der Waals surface area contributed by atoms with Crippen LogP contribution in [0.2, 0.25) is 0 Å². The Balaban J connectivity index is 2.03. The molecule has 1 fully saturated rings. The summed E-state index contributed by atoms with van der Waals surface area (Å²) in [5, 5.41) is 1.06. The Kier molecular flexibility index (Phi) is 4.06. The average Bonchev–Trinajstić information content (AvgIpc) is 2.85. The molecule has 23 heavy (non-hydrogen) atoms. The van der Waals surface area contributed by atoms with Crippen LogP contribution in [0.4, 0.5) is 10.6 Å². The average molecular weight is 315 g/mol. The Morgan fingerprint density at radius 2 is 1.74 bits per heavy atom. The van der Waals surface area contributed by atoms with Gasteiger partial charge in [-0.05, 0) is 40.0 Å². The van der Waals surface area contributed by atoms with Crippen LogP contribution >= 0.6 is 0 Å². The number of rotatable bonds is 1. The third kappa shape index (κ3) is 3.34. The van der Waals surface area contributed by atoms with Crippen LogP contribution in [0.1, 0.15) is 20.8 Å². The number of anilines is 1. The Morgan fingerprint density at radius 3 is 2.39 bits per heavy atom. The number of carbonyl (C=O) groups excluding carboxylic acids is 1. The van der Waals surface area contributed by atoms with Crippen LogP contribution in [0.3, 0.4) is 0 Å². The first-order valence-corrected chi connectivity index (χ1v) is 8.12. The van der Waals surface area contributed by atoms with Crippen molar-refractivity contribution in [2.75, 3.05) is 38.1 Å². The SMILES string of the molecule is CN1CCN(c2cc3ccccc3n2C(=O)OC(C)(C)C)CC1. The minimum atomic E-state index is -0.512. The summed E-state index contributed by atoms with van der Waals surface area (Å²) in [5.74, 6) is 0.925. The molecule has 0 aliphatic carbocycles. The molecule has 1 aliphatic heterocycles. The molecular weight excluding hydrogens is 290 g/mol. The van der Waals surface area contributed by atoms with E-state index in [0.717, 1.165) is 42.9 Å². The van der Waals surface area contributed by atoms with Crippen LogP contribution in [-0.2, 0) is 4.74 Å². The number of para-hydroxylation sites is 1. The fourth-order valence-electron chi connectivity index (χ4n) is 2.91. The second kappa shape index (κ2) is 5.89. The van der Waals surface area contributed by atoms with Crippen molar-refractivity contribution in [1.29, 1.82) is 0 Å². The summed E-state index contributed by atoms with van der Waals surface area (Å²) in [5.41, 5.74) is 0.387. The van der Waals surface area contributed by atoms with Crippen molar-refractivity contribution in [3.8, 4) is 0 Å². The molecule has 5 nitrogen and oxygen atoms in total. The fraction of sp³-hybridized carbons (Fsp3) is 0.500. The quantitative estimate of drug-likeness (QED) is 0.810. The van der Waals surface area contributed by atoms with E-state index < -0.39 is 5.60 Å². The van der Waals surface area contributed by atoms with E-state index in [1.807, 2.05) is 45.0 Å². The number of fused-ring (bicyclic) bond motifs is 1. The topological polar surface area (TPSA) is 37.7 Å². The zero-order valence-electron chi connectivity index (χ0n) is 14.4. The van der Waals surface area contributed by atoms with Crippen molar-refractivity contribution in [3.05, 3.63) is 30.3 Å². The van der Waals surface area contributed by atoms with Crippen LogP contribution in [0.5, 0.6) is 0 Å². The third-order valence-corrected chi connectivity index (χ3v) is 4.09. The highest BCUT2D eigenvalue weighted by atomic mass is 16.6. The summed E-state index contributed by atoms with van der Waals surface area (Å²) in [6, 6.07) is 10.0. The first-order valence-electron chi connectivity index (χ1n) is 8.12. The molecule has 0 amide bonds. The summed E-state index contributed by atoms with van der Waals surface area (Å²) in [4.78, 5) is 17.3. The number of aromatic nitrogens is 1. The molecule has 2 aromatic rings. The molecule has 5 heteroatoms. The maximum Gasteiger partial charge on any atom is 0.420 e. The van der Waals surface area contributed by atoms with E-state index >= 15 is 0 Å². The van der Waals surface area contributed by atoms with Crippen molar-refractivity contribution in [1.82, 2.24) is 9.47 Å². The van der Waals surface area contributed by atoms with Gasteiger partial charge in [-0.3, -0.25) is 0 Å². The molecule has 1 saturated heterocycles. The van der Waals surface area contributed by atoms with E-state index in [1.54, 1.807) is 4.57 Å². The zero-order chi connectivity index (χ0) is 16.6. The summed E-state index contributed by atoms with van der Waals surface area (Å²) in [6.07, 6.45) is -0.312. The van der Waals surface area contributed by atoms with E-state index in [4.69, 9.17) is 4.74 Å². The van der Waals surface area contributed by atoms with E-state index in [1.165, 1.54) is 0 Å². The van der Waals surface area contributed by atoms with Gasteiger partial charge in [0.2, 0.25) is 0 Å². The van der Waals surface area contributed by atoms with Gasteiger partial charge in [-0.15, -0.1) is 0 Å². The standard InChI is InChI=1S/C18H25N3O2/c1-18(2,3)23-17(22)21-15-8-6-5-7-14(15)13-16(21)20-11-9-19(4)10-12-20/h5-8,13H,9-12H2,1-4H3. The summed E-state index contributed by atoms with van der Waals surface area (Å²) < 4.78 is 7.34. The second-order valence-corrected chi connectivity index (χ2v) is 7.17. The lowest BCUT2D eigenvalue weighted by Crippen LogP contribution is -2.45. The predicted molar refractivity (Wildman–Crippen MR) is 93.3 cm³/mol. The molecule has 0 unspecified atom stereocenters. The lowest BCUT2D eigenvalue weighted by molar-refractivity contribution is 0.0546. The number of hydrogen-bond donors (Lipinski definition) is 0. The molecule has 1 aromatic carbocycles. The Labute approximate surface area is 137 Å². The number of piperazine rings is 1. The van der Waals surface area contributed by atoms with Crippen molar-refractivity contribution >= 4 is 22.8 Å². The highest BCUT2D eigenvalue weighted by Gasteiger charge is 2.25. The number of benzene rings is 1. The van der Waals surface area contributed by atoms with Crippen LogP contribution < -0.4 is 4.90 Å². The molecule has 0 saturated carbocycles. The molecule has 0 atom stereocenters. The van der Waals surface area contributed by atoms with Gasteiger partial charge < -0.3 is 14.5 Å². The molecule has 1 aromatic heterocycles. The third-order valence-electron chi connectivity index (χ3n) is 4.09. The normalized spacial score (nSPS) is 16.8. The molecule has 0 bridgehead atoms. The number of nitrogens with zero attached hydrogens (tertiary/aromatic N) is 3. The molecule has 0 N–H and O–H groups in total. The van der Waals surface area contributed by atoms with Gasteiger partial charge in [0.1, 0.15) is 11.4 Å². The highest BCUT2D eigenvalue weighted by molar-refractivity contribution is 5.95. The van der Waals surface area contributed by atoms with Crippen molar-refractivity contribution in [3.63, 3.8) is 0 Å². The van der Waals surface area contributed by atoms with E-state index in [0.29, 0.717) is 0 Å². The first-order chi connectivity index (χ1) is 10.8. The summed E-state index contributed by atoms with van der Waals surface area (Å²) in [7, 11) is 2.13. The van der Waals surface area contributed by atoms with Crippen LogP contribution in [-0.4, -0.2) is 54.4 Å². The van der Waals surface area contributed by atoms with Gasteiger partial charge in [0.05, 0.1) is 5.52 Å². The second-order valence-electron chi connectivity index (χ2n) is 7.17. The number of likely N-dealkylation sites (N-methyl/N-ethyl adjacent to an activating group) is 1. The Bertz CT molecular complexity index is 707. The van der Waals surface area contributed by atoms with Gasteiger partial charge in [0.25, 0.3) is 0 Å². The lowest BCUT2D eigenvalue weighted by atomic mass is 10.2. The molecule has 1 aliphatic rings. The van der Waals surface area contributed by atoms with Crippen molar-refractivity contribution < 1.29 is 9.53 Å². The number of hydrogen-bond acceptors (Lipinski definition) is 4. The Morgan fingerprint density at radius 1 is 1.09 bits per heavy atom. The molecule has 0 spiro atoms. The molecule has 2 heterocycles. The fourth-order valence-corrected chi connectivity index (χ4v) is 2.91. The maximum absolute atomic E-state index is 12.8. The first kappa shape index (κ1) is 15.9. The molecule has 0 radical (unpaired) electrons. The highest BCUT2D eigenvalue weighted by Crippen LogP contribution is 2.28. The molecule has 124 valence electrons. The van der Waals surface area contributed by atoms with Crippen LogP contribution in [0, 0.1) is 0 Å². The van der Waals surface area contributed by atoms with Crippen LogP contribution in [0.25, 0.3) is 10.9 Å². The largest absolute Gasteiger partial charge is 0.443 e. The molecule has 3 rings (SSSR count). The van der Waals surface area contributed by atoms with Gasteiger partial charge in [0, 0.05) is 31.6 Å². The monoisotopic (exact) mass is 315 g/mol. The van der Waals surface area contributed by atoms with Gasteiger partial charge >= 0.3 is 6.09 Å². The van der Waals surface area contributed by atoms with Gasteiger partial charge in [-0.1, -0.05) is 18.2 Å². The van der Waals surface area contributed by atoms with Gasteiger partial charge in [0.15, 0.2) is 0 Å². The summed E-state index contributed by atoms with van der Waals surface area (Å²) >= 11 is 0. The lowest BCUT2D eigenvalue weighted by Gasteiger charge is -2.34. The zero-order valence-corrected chi connectivity index (χ0v) is 14.4. The molecular formula is C18H25N3O2. The Hall–Kier alpha value is -2.01. The predicted octanol–water partition coefficient (Wildman–Crippen LogP) is 3.18. The smallest absolute Gasteiger partial charge is 0.420 e. The van der Waals surface area contributed by atoms with E-state index in [2.05, 4.69) is 22.9 Å². The van der Waals surface area contributed by atoms with Gasteiger partial charge in [-0.25, -0.2) is 9.36 Å². The van der Waals surface area contributed by atoms with E-state index in [-0.39, 0.29) is 6.09 Å². The number of ether oxygens (including phenoxy) is 1. The minimum absolute atomic E-state index is 0.312. The van der Waals surface area contributed by atoms with Crippen molar-refractivity contribution in [2.24, 2.45) is 0 Å². The summed E-state index contributed by atoms with van der Waals surface area (Å²) in [6.45, 7) is 9.50. The maximum atomic E-state index is 12.8. The number of carbonyl (C=O) groups is 1. The van der Waals surface area contributed by atoms with Crippen LogP contribution in [0.15, 0.2) is 30.3 Å². The minimum Gasteiger partial charge on any atom is -0.443 e. The van der Waals surface area contributed by atoms with E-state index in [9.17, 15) is 4.79 Å². The van der Waals surface area contributed by atoms with Crippen molar-refractivity contribution in [2.45, 2.75) is 26.4 Å².